The van der Waals surface area contributed by atoms with E-state index in [0.29, 0.717) is 12.4 Å². The smallest absolute Gasteiger partial charge is 0.410 e. The van der Waals surface area contributed by atoms with E-state index in [4.69, 9.17) is 19.4 Å². The standard InChI is InChI=1S/C39H44N6O4/c1-25(2)34(44-37(46)48-24-26-10-7-6-8-11-26)36-41-23-32(43-36)30-19-15-28(16-20-30)27-13-17-29(18-14-27)31-22-40-35(42-31)33-12-9-21-45(33)38(47)49-39(3,4)5/h6-8,10-11,13-20,22-23,25,33-34H,9,12,21,24H2,1-5H3,(H,40,42)(H,41,43)(H,44,46)/t33-,34-/m0/s1. The second-order valence-electron chi connectivity index (χ2n) is 13.8. The third-order valence-corrected chi connectivity index (χ3v) is 8.53. The molecule has 2 aromatic heterocycles. The van der Waals surface area contributed by atoms with Gasteiger partial charge in [0.25, 0.3) is 0 Å². The monoisotopic (exact) mass is 660 g/mol. The third kappa shape index (κ3) is 8.20. The Morgan fingerprint density at radius 1 is 0.857 bits per heavy atom. The minimum absolute atomic E-state index is 0.0938. The van der Waals surface area contributed by atoms with Crippen molar-refractivity contribution >= 4 is 12.2 Å². The topological polar surface area (TPSA) is 125 Å². The van der Waals surface area contributed by atoms with Crippen LogP contribution < -0.4 is 5.32 Å². The van der Waals surface area contributed by atoms with Crippen LogP contribution in [-0.4, -0.2) is 49.2 Å². The van der Waals surface area contributed by atoms with E-state index in [2.05, 4.69) is 51.7 Å². The Morgan fingerprint density at radius 2 is 1.45 bits per heavy atom. The number of carbonyl (C=O) groups is 2. The molecule has 0 spiro atoms. The van der Waals surface area contributed by atoms with Crippen LogP contribution in [0.3, 0.4) is 0 Å². The molecular weight excluding hydrogens is 616 g/mol. The maximum absolute atomic E-state index is 12.8. The number of benzene rings is 3. The van der Waals surface area contributed by atoms with E-state index in [0.717, 1.165) is 57.9 Å². The second-order valence-corrected chi connectivity index (χ2v) is 13.8. The number of likely N-dealkylation sites (tertiary alicyclic amines) is 1. The average Bonchev–Trinajstić information content (AvgIpc) is 3.88. The lowest BCUT2D eigenvalue weighted by molar-refractivity contribution is 0.0218. The van der Waals surface area contributed by atoms with Crippen molar-refractivity contribution in [2.45, 2.75) is 71.8 Å². The fourth-order valence-corrected chi connectivity index (χ4v) is 6.00. The molecule has 1 aliphatic heterocycles. The Balaban J connectivity index is 1.08. The molecular formula is C39H44N6O4. The highest BCUT2D eigenvalue weighted by atomic mass is 16.6. The van der Waals surface area contributed by atoms with Crippen LogP contribution in [0.4, 0.5) is 9.59 Å². The number of aromatic amines is 2. The first-order valence-corrected chi connectivity index (χ1v) is 16.8. The first kappa shape index (κ1) is 33.5. The predicted molar refractivity (Wildman–Crippen MR) is 189 cm³/mol. The molecule has 2 atom stereocenters. The number of carbonyl (C=O) groups excluding carboxylic acids is 2. The molecule has 10 nitrogen and oxygen atoms in total. The molecule has 10 heteroatoms. The molecule has 3 heterocycles. The summed E-state index contributed by atoms with van der Waals surface area (Å²) in [5.74, 6) is 1.54. The van der Waals surface area contributed by atoms with Gasteiger partial charge >= 0.3 is 12.2 Å². The van der Waals surface area contributed by atoms with Gasteiger partial charge in [-0.3, -0.25) is 4.90 Å². The molecule has 1 fully saturated rings. The SMILES string of the molecule is CC(C)[C@H](NC(=O)OCc1ccccc1)c1nc(-c2ccc(-c3ccc(-c4c[nH]c([C@@H]5CCCN5C(=O)OC(C)(C)C)n4)cc3)cc2)c[nH]1. The van der Waals surface area contributed by atoms with Gasteiger partial charge in [0, 0.05) is 30.1 Å². The highest BCUT2D eigenvalue weighted by molar-refractivity contribution is 5.72. The molecule has 0 aliphatic carbocycles. The van der Waals surface area contributed by atoms with Crippen molar-refractivity contribution in [2.75, 3.05) is 6.54 Å². The van der Waals surface area contributed by atoms with Crippen molar-refractivity contribution in [3.63, 3.8) is 0 Å². The highest BCUT2D eigenvalue weighted by Crippen LogP contribution is 2.33. The molecule has 2 amide bonds. The summed E-state index contributed by atoms with van der Waals surface area (Å²) in [5, 5.41) is 2.96. The summed E-state index contributed by atoms with van der Waals surface area (Å²) < 4.78 is 11.1. The van der Waals surface area contributed by atoms with Gasteiger partial charge in [-0.2, -0.15) is 0 Å². The molecule has 6 rings (SSSR count). The summed E-state index contributed by atoms with van der Waals surface area (Å²) in [4.78, 5) is 43.4. The zero-order chi connectivity index (χ0) is 34.5. The molecule has 0 unspecified atom stereocenters. The number of aromatic nitrogens is 4. The molecule has 3 aromatic carbocycles. The van der Waals surface area contributed by atoms with Crippen molar-refractivity contribution in [3.05, 3.63) is 108 Å². The van der Waals surface area contributed by atoms with E-state index in [-0.39, 0.29) is 30.7 Å². The molecule has 49 heavy (non-hydrogen) atoms. The highest BCUT2D eigenvalue weighted by Gasteiger charge is 2.35. The van der Waals surface area contributed by atoms with Gasteiger partial charge in [-0.15, -0.1) is 0 Å². The van der Waals surface area contributed by atoms with Gasteiger partial charge < -0.3 is 24.8 Å². The number of nitrogens with one attached hydrogen (secondary N) is 3. The fourth-order valence-electron chi connectivity index (χ4n) is 6.00. The van der Waals surface area contributed by atoms with Gasteiger partial charge in [0.05, 0.1) is 23.5 Å². The maximum Gasteiger partial charge on any atom is 0.410 e. The lowest BCUT2D eigenvalue weighted by atomic mass is 10.0. The summed E-state index contributed by atoms with van der Waals surface area (Å²) in [6, 6.07) is 25.7. The first-order chi connectivity index (χ1) is 23.5. The Labute approximate surface area is 287 Å². The minimum Gasteiger partial charge on any atom is -0.445 e. The fraction of sp³-hybridized carbons (Fsp3) is 0.333. The number of hydrogen-bond acceptors (Lipinski definition) is 6. The Bertz CT molecular complexity index is 1860. The molecule has 1 aliphatic rings. The molecule has 254 valence electrons. The number of nitrogens with zero attached hydrogens (tertiary/aromatic N) is 3. The van der Waals surface area contributed by atoms with Crippen LogP contribution in [0.25, 0.3) is 33.6 Å². The lowest BCUT2D eigenvalue weighted by Crippen LogP contribution is -2.36. The van der Waals surface area contributed by atoms with Gasteiger partial charge in [0.1, 0.15) is 23.9 Å². The second kappa shape index (κ2) is 14.4. The summed E-state index contributed by atoms with van der Waals surface area (Å²) in [7, 11) is 0. The van der Waals surface area contributed by atoms with Gasteiger partial charge in [-0.25, -0.2) is 19.6 Å². The van der Waals surface area contributed by atoms with Gasteiger partial charge in [0.15, 0.2) is 0 Å². The molecule has 5 aromatic rings. The van der Waals surface area contributed by atoms with Crippen LogP contribution in [-0.2, 0) is 16.1 Å². The molecule has 0 radical (unpaired) electrons. The van der Waals surface area contributed by atoms with Crippen LogP contribution in [0.2, 0.25) is 0 Å². The van der Waals surface area contributed by atoms with Crippen molar-refractivity contribution in [2.24, 2.45) is 5.92 Å². The summed E-state index contributed by atoms with van der Waals surface area (Å²) in [6.07, 6.45) is 4.74. The first-order valence-electron chi connectivity index (χ1n) is 16.8. The summed E-state index contributed by atoms with van der Waals surface area (Å²) in [6.45, 7) is 10.6. The normalized spacial score (nSPS) is 15.3. The number of imidazole rings is 2. The Kier molecular flexibility index (Phi) is 9.85. The van der Waals surface area contributed by atoms with E-state index in [1.54, 1.807) is 4.90 Å². The van der Waals surface area contributed by atoms with Gasteiger partial charge in [-0.1, -0.05) is 92.7 Å². The minimum atomic E-state index is -0.542. The predicted octanol–water partition coefficient (Wildman–Crippen LogP) is 8.83. The van der Waals surface area contributed by atoms with Gasteiger partial charge in [-0.05, 0) is 56.2 Å². The van der Waals surface area contributed by atoms with E-state index in [9.17, 15) is 9.59 Å². The molecule has 0 bridgehead atoms. The van der Waals surface area contributed by atoms with E-state index < -0.39 is 11.7 Å². The Hall–Kier alpha value is -5.38. The van der Waals surface area contributed by atoms with Gasteiger partial charge in [0.2, 0.25) is 0 Å². The van der Waals surface area contributed by atoms with Crippen LogP contribution in [0, 0.1) is 5.92 Å². The number of ether oxygens (including phenoxy) is 2. The van der Waals surface area contributed by atoms with Crippen molar-refractivity contribution in [1.29, 1.82) is 0 Å². The number of amides is 2. The zero-order valence-corrected chi connectivity index (χ0v) is 28.7. The average molecular weight is 661 g/mol. The van der Waals surface area contributed by atoms with E-state index >= 15 is 0 Å². The number of rotatable bonds is 9. The van der Waals surface area contributed by atoms with E-state index in [1.165, 1.54) is 0 Å². The summed E-state index contributed by atoms with van der Waals surface area (Å²) in [5.41, 5.74) is 6.14. The van der Waals surface area contributed by atoms with Crippen LogP contribution in [0.1, 0.15) is 76.8 Å². The number of alkyl carbamates (subject to hydrolysis) is 1. The quantitative estimate of drug-likeness (QED) is 0.145. The number of hydrogen-bond donors (Lipinski definition) is 3. The van der Waals surface area contributed by atoms with Crippen LogP contribution in [0.5, 0.6) is 0 Å². The number of H-pyrrole nitrogens is 2. The van der Waals surface area contributed by atoms with E-state index in [1.807, 2.05) is 89.5 Å². The Morgan fingerprint density at radius 3 is 2.06 bits per heavy atom. The zero-order valence-electron chi connectivity index (χ0n) is 28.7. The molecule has 3 N–H and O–H groups in total. The van der Waals surface area contributed by atoms with Crippen LogP contribution >= 0.6 is 0 Å². The summed E-state index contributed by atoms with van der Waals surface area (Å²) >= 11 is 0. The largest absolute Gasteiger partial charge is 0.445 e. The van der Waals surface area contributed by atoms with Crippen molar-refractivity contribution < 1.29 is 19.1 Å². The van der Waals surface area contributed by atoms with Crippen molar-refractivity contribution in [3.8, 4) is 33.6 Å². The van der Waals surface area contributed by atoms with Crippen LogP contribution in [0.15, 0.2) is 91.3 Å². The maximum atomic E-state index is 12.8. The molecule has 1 saturated heterocycles. The van der Waals surface area contributed by atoms with Crippen molar-refractivity contribution in [1.82, 2.24) is 30.2 Å². The molecule has 0 saturated carbocycles. The third-order valence-electron chi connectivity index (χ3n) is 8.53. The lowest BCUT2D eigenvalue weighted by Gasteiger charge is -2.27.